The Labute approximate surface area is 255 Å². The van der Waals surface area contributed by atoms with Crippen molar-refractivity contribution in [3.63, 3.8) is 0 Å². The highest BCUT2D eigenvalue weighted by molar-refractivity contribution is 6.39. The Morgan fingerprint density at radius 1 is 0.889 bits per heavy atom. The molecular weight excluding hydrogens is 586 g/mol. The van der Waals surface area contributed by atoms with Gasteiger partial charge in [-0.05, 0) is 80.9 Å². The summed E-state index contributed by atoms with van der Waals surface area (Å²) in [5, 5.41) is 24.7. The Balaban J connectivity index is 1.44. The van der Waals surface area contributed by atoms with Gasteiger partial charge in [0.15, 0.2) is 0 Å². The number of para-hydroxylation sites is 2. The third-order valence-electron chi connectivity index (χ3n) is 6.95. The van der Waals surface area contributed by atoms with Crippen LogP contribution in [0.5, 0.6) is 17.2 Å². The fraction of sp³-hybridized carbons (Fsp3) is 0.129. The number of carbonyl (C=O) groups is 3. The second kappa shape index (κ2) is 12.1. The van der Waals surface area contributed by atoms with Crippen molar-refractivity contribution in [3.05, 3.63) is 116 Å². The summed E-state index contributed by atoms with van der Waals surface area (Å²) in [6.45, 7) is 5.70. The zero-order chi connectivity index (χ0) is 32.4. The summed E-state index contributed by atoms with van der Waals surface area (Å²) in [7, 11) is 0. The number of nitro groups is 2. The number of imide groups is 2. The minimum atomic E-state index is -0.888. The number of rotatable bonds is 9. The van der Waals surface area contributed by atoms with E-state index in [-0.39, 0.29) is 22.8 Å². The zero-order valence-electron chi connectivity index (χ0n) is 24.2. The molecule has 3 aromatic carbocycles. The van der Waals surface area contributed by atoms with Crippen LogP contribution in [0.2, 0.25) is 0 Å². The van der Waals surface area contributed by atoms with Gasteiger partial charge in [-0.1, -0.05) is 12.1 Å². The van der Waals surface area contributed by atoms with Crippen molar-refractivity contribution in [1.29, 1.82) is 0 Å². The molecule has 0 atom stereocenters. The number of anilines is 1. The first-order valence-corrected chi connectivity index (χ1v) is 13.5. The van der Waals surface area contributed by atoms with Crippen LogP contribution >= 0.6 is 0 Å². The summed E-state index contributed by atoms with van der Waals surface area (Å²) in [5.41, 5.74) is 1.65. The number of amides is 4. The number of hydrogen-bond acceptors (Lipinski definition) is 9. The normalized spacial score (nSPS) is 14.0. The van der Waals surface area contributed by atoms with Crippen molar-refractivity contribution >= 4 is 41.0 Å². The van der Waals surface area contributed by atoms with Crippen LogP contribution in [0.25, 0.3) is 11.8 Å². The predicted molar refractivity (Wildman–Crippen MR) is 162 cm³/mol. The van der Waals surface area contributed by atoms with Gasteiger partial charge in [0.05, 0.1) is 28.2 Å². The van der Waals surface area contributed by atoms with E-state index in [9.17, 15) is 34.6 Å². The van der Waals surface area contributed by atoms with E-state index in [4.69, 9.17) is 9.47 Å². The molecule has 0 bridgehead atoms. The summed E-state index contributed by atoms with van der Waals surface area (Å²) < 4.78 is 13.1. The topological polar surface area (TPSA) is 176 Å². The van der Waals surface area contributed by atoms with E-state index in [1.807, 2.05) is 11.5 Å². The van der Waals surface area contributed by atoms with Crippen molar-refractivity contribution in [3.8, 4) is 22.9 Å². The van der Waals surface area contributed by atoms with Gasteiger partial charge in [0.2, 0.25) is 5.75 Å². The van der Waals surface area contributed by atoms with Gasteiger partial charge in [-0.25, -0.2) is 9.69 Å². The Hall–Kier alpha value is -6.31. The van der Waals surface area contributed by atoms with E-state index in [0.717, 1.165) is 28.8 Å². The van der Waals surface area contributed by atoms with Crippen molar-refractivity contribution in [2.24, 2.45) is 0 Å². The van der Waals surface area contributed by atoms with Gasteiger partial charge < -0.3 is 14.0 Å². The lowest BCUT2D eigenvalue weighted by atomic mass is 10.1. The number of nitro benzene ring substituents is 2. The van der Waals surface area contributed by atoms with Crippen LogP contribution < -0.4 is 19.7 Å². The van der Waals surface area contributed by atoms with Gasteiger partial charge in [0, 0.05) is 23.1 Å². The Morgan fingerprint density at radius 3 is 2.27 bits per heavy atom. The first-order chi connectivity index (χ1) is 21.5. The zero-order valence-corrected chi connectivity index (χ0v) is 24.2. The summed E-state index contributed by atoms with van der Waals surface area (Å²) in [6, 6.07) is 17.1. The van der Waals surface area contributed by atoms with Gasteiger partial charge >= 0.3 is 11.7 Å². The van der Waals surface area contributed by atoms with E-state index < -0.39 is 39.1 Å². The number of non-ortho nitro benzene ring substituents is 1. The predicted octanol–water partition coefficient (Wildman–Crippen LogP) is 5.77. The van der Waals surface area contributed by atoms with E-state index in [1.54, 1.807) is 68.4 Å². The quantitative estimate of drug-likeness (QED) is 0.107. The first kappa shape index (κ1) is 30.2. The van der Waals surface area contributed by atoms with Crippen LogP contribution in [0, 0.1) is 34.1 Å². The van der Waals surface area contributed by atoms with Crippen molar-refractivity contribution in [2.45, 2.75) is 20.8 Å². The molecule has 14 nitrogen and oxygen atoms in total. The number of nitrogens with one attached hydrogen (secondary N) is 1. The third kappa shape index (κ3) is 5.84. The van der Waals surface area contributed by atoms with E-state index in [1.165, 1.54) is 6.08 Å². The van der Waals surface area contributed by atoms with E-state index >= 15 is 0 Å². The molecule has 0 spiro atoms. The fourth-order valence-electron chi connectivity index (χ4n) is 4.92. The van der Waals surface area contributed by atoms with Gasteiger partial charge in [-0.3, -0.25) is 35.1 Å². The standard InChI is InChI=1S/C31H25N5O9/c1-4-44-27-8-6-5-7-25(27)34-30(38)24(29(37)32-31(34)39)16-20-15-18(2)33(19(20)3)21-9-12-23(13-10-21)45-28-14-11-22(35(40)41)17-26(28)36(42)43/h5-17H,4H2,1-3H3,(H,32,37,39)/b24-16+. The lowest BCUT2D eigenvalue weighted by Crippen LogP contribution is -2.54. The molecule has 1 N–H and O–H groups in total. The molecule has 5 rings (SSSR count). The number of ether oxygens (including phenoxy) is 2. The minimum Gasteiger partial charge on any atom is -0.492 e. The van der Waals surface area contributed by atoms with Crippen LogP contribution in [0.1, 0.15) is 23.9 Å². The molecule has 0 radical (unpaired) electrons. The lowest BCUT2D eigenvalue weighted by molar-refractivity contribution is -0.394. The molecule has 1 saturated heterocycles. The Kier molecular flexibility index (Phi) is 8.13. The monoisotopic (exact) mass is 611 g/mol. The molecule has 0 aliphatic carbocycles. The molecule has 14 heteroatoms. The molecule has 1 aliphatic heterocycles. The number of aromatic nitrogens is 1. The van der Waals surface area contributed by atoms with Crippen LogP contribution in [0.4, 0.5) is 21.9 Å². The molecule has 0 unspecified atom stereocenters. The molecule has 0 saturated carbocycles. The molecule has 1 aliphatic rings. The summed E-state index contributed by atoms with van der Waals surface area (Å²) in [4.78, 5) is 60.9. The van der Waals surface area contributed by atoms with Crippen LogP contribution in [-0.2, 0) is 9.59 Å². The molecule has 4 amide bonds. The smallest absolute Gasteiger partial charge is 0.336 e. The van der Waals surface area contributed by atoms with Crippen molar-refractivity contribution in [1.82, 2.24) is 9.88 Å². The number of benzene rings is 3. The van der Waals surface area contributed by atoms with Crippen molar-refractivity contribution < 1.29 is 33.7 Å². The molecule has 228 valence electrons. The Morgan fingerprint density at radius 2 is 1.60 bits per heavy atom. The average molecular weight is 612 g/mol. The largest absolute Gasteiger partial charge is 0.492 e. The van der Waals surface area contributed by atoms with Gasteiger partial charge in [0.25, 0.3) is 17.5 Å². The number of hydrogen-bond donors (Lipinski definition) is 1. The van der Waals surface area contributed by atoms with Gasteiger partial charge in [-0.2, -0.15) is 0 Å². The highest BCUT2D eigenvalue weighted by Crippen LogP contribution is 2.35. The molecule has 1 fully saturated rings. The molecule has 2 heterocycles. The third-order valence-corrected chi connectivity index (χ3v) is 6.95. The first-order valence-electron chi connectivity index (χ1n) is 13.5. The highest BCUT2D eigenvalue weighted by Gasteiger charge is 2.38. The molecule has 1 aromatic heterocycles. The molecule has 4 aromatic rings. The van der Waals surface area contributed by atoms with E-state index in [0.29, 0.717) is 29.3 Å². The fourth-order valence-corrected chi connectivity index (χ4v) is 4.92. The van der Waals surface area contributed by atoms with Crippen LogP contribution in [0.3, 0.4) is 0 Å². The number of barbiturate groups is 1. The Bertz CT molecular complexity index is 1910. The molecule has 45 heavy (non-hydrogen) atoms. The lowest BCUT2D eigenvalue weighted by Gasteiger charge is -2.27. The summed E-state index contributed by atoms with van der Waals surface area (Å²) in [6.07, 6.45) is 1.42. The highest BCUT2D eigenvalue weighted by atomic mass is 16.6. The van der Waals surface area contributed by atoms with Crippen molar-refractivity contribution in [2.75, 3.05) is 11.5 Å². The maximum absolute atomic E-state index is 13.5. The summed E-state index contributed by atoms with van der Waals surface area (Å²) in [5.74, 6) is -1.23. The second-order valence-corrected chi connectivity index (χ2v) is 9.78. The number of urea groups is 1. The molecular formula is C31H25N5O9. The number of aryl methyl sites for hydroxylation is 1. The number of nitrogens with zero attached hydrogens (tertiary/aromatic N) is 4. The summed E-state index contributed by atoms with van der Waals surface area (Å²) >= 11 is 0. The van der Waals surface area contributed by atoms with Gasteiger partial charge in [-0.15, -0.1) is 0 Å². The average Bonchev–Trinajstić information content (AvgIpc) is 3.28. The van der Waals surface area contributed by atoms with Gasteiger partial charge in [0.1, 0.15) is 17.1 Å². The second-order valence-electron chi connectivity index (χ2n) is 9.78. The maximum atomic E-state index is 13.5. The van der Waals surface area contributed by atoms with Crippen LogP contribution in [-0.4, -0.2) is 38.9 Å². The number of carbonyl (C=O) groups excluding carboxylic acids is 3. The maximum Gasteiger partial charge on any atom is 0.336 e. The SMILES string of the molecule is CCOc1ccccc1N1C(=O)NC(=O)/C(=C\c2cc(C)n(-c3ccc(Oc4ccc([N+](=O)[O-])cc4[N+](=O)[O-])cc3)c2C)C1=O. The van der Waals surface area contributed by atoms with E-state index in [2.05, 4.69) is 5.32 Å². The minimum absolute atomic E-state index is 0.160. The van der Waals surface area contributed by atoms with Crippen LogP contribution in [0.15, 0.2) is 78.4 Å².